The van der Waals surface area contributed by atoms with Gasteiger partial charge in [0.1, 0.15) is 0 Å². The third-order valence-corrected chi connectivity index (χ3v) is 3.08. The molecular formula is C15H21NO3. The second-order valence-electron chi connectivity index (χ2n) is 5.69. The number of hydrogen-bond donors (Lipinski definition) is 1. The summed E-state index contributed by atoms with van der Waals surface area (Å²) in [5, 5.41) is 3.36. The molecule has 0 bridgehead atoms. The maximum Gasteiger partial charge on any atom is 0.338 e. The molecule has 2 rings (SSSR count). The zero-order valence-electron chi connectivity index (χ0n) is 11.7. The molecule has 0 spiro atoms. The van der Waals surface area contributed by atoms with E-state index < -0.39 is 0 Å². The third kappa shape index (κ3) is 3.70. The molecule has 4 nitrogen and oxygen atoms in total. The molecule has 1 fully saturated rings. The fraction of sp³-hybridized carbons (Fsp3) is 0.533. The van der Waals surface area contributed by atoms with Crippen LogP contribution in [0.2, 0.25) is 0 Å². The van der Waals surface area contributed by atoms with Crippen LogP contribution >= 0.6 is 0 Å². The summed E-state index contributed by atoms with van der Waals surface area (Å²) in [4.78, 5) is 11.7. The smallest absolute Gasteiger partial charge is 0.338 e. The van der Waals surface area contributed by atoms with Crippen LogP contribution in [0.3, 0.4) is 0 Å². The molecule has 1 saturated heterocycles. The Balaban J connectivity index is 1.89. The standard InChI is InChI=1S/C15H21NO3/c1-11(2)19-14(17)12-4-6-13(7-5-12)16-8-15(3)9-18-10-15/h4-7,11,16H,8-10H2,1-3H3. The van der Waals surface area contributed by atoms with Gasteiger partial charge in [0, 0.05) is 17.6 Å². The Bertz CT molecular complexity index is 435. The third-order valence-electron chi connectivity index (χ3n) is 3.08. The van der Waals surface area contributed by atoms with Crippen LogP contribution in [0.4, 0.5) is 5.69 Å². The Labute approximate surface area is 114 Å². The van der Waals surface area contributed by atoms with Gasteiger partial charge in [-0.25, -0.2) is 4.79 Å². The molecule has 0 aliphatic carbocycles. The molecule has 0 radical (unpaired) electrons. The lowest BCUT2D eigenvalue weighted by atomic mass is 9.89. The van der Waals surface area contributed by atoms with Crippen LogP contribution in [0.15, 0.2) is 24.3 Å². The van der Waals surface area contributed by atoms with Crippen LogP contribution in [0.1, 0.15) is 31.1 Å². The van der Waals surface area contributed by atoms with Crippen LogP contribution in [0.25, 0.3) is 0 Å². The number of nitrogens with one attached hydrogen (secondary N) is 1. The van der Waals surface area contributed by atoms with E-state index in [1.807, 2.05) is 26.0 Å². The lowest BCUT2D eigenvalue weighted by Gasteiger charge is -2.38. The average molecular weight is 263 g/mol. The van der Waals surface area contributed by atoms with Gasteiger partial charge in [0.2, 0.25) is 0 Å². The van der Waals surface area contributed by atoms with E-state index in [4.69, 9.17) is 9.47 Å². The Kier molecular flexibility index (Phi) is 4.10. The summed E-state index contributed by atoms with van der Waals surface area (Å²) in [7, 11) is 0. The first-order valence-corrected chi connectivity index (χ1v) is 6.61. The maximum absolute atomic E-state index is 11.7. The van der Waals surface area contributed by atoms with Gasteiger partial charge in [0.25, 0.3) is 0 Å². The normalized spacial score (nSPS) is 16.8. The summed E-state index contributed by atoms with van der Waals surface area (Å²) in [5.74, 6) is -0.277. The highest BCUT2D eigenvalue weighted by atomic mass is 16.5. The SMILES string of the molecule is CC(C)OC(=O)c1ccc(NCC2(C)COC2)cc1. The first-order valence-electron chi connectivity index (χ1n) is 6.61. The van der Waals surface area contributed by atoms with Crippen LogP contribution in [-0.2, 0) is 9.47 Å². The van der Waals surface area contributed by atoms with Crippen molar-refractivity contribution in [3.63, 3.8) is 0 Å². The van der Waals surface area contributed by atoms with E-state index in [-0.39, 0.29) is 17.5 Å². The first kappa shape index (κ1) is 13.9. The zero-order valence-corrected chi connectivity index (χ0v) is 11.7. The van der Waals surface area contributed by atoms with Gasteiger partial charge >= 0.3 is 5.97 Å². The van der Waals surface area contributed by atoms with Crippen molar-refractivity contribution in [2.75, 3.05) is 25.1 Å². The molecular weight excluding hydrogens is 242 g/mol. The second kappa shape index (κ2) is 5.61. The fourth-order valence-corrected chi connectivity index (χ4v) is 1.87. The largest absolute Gasteiger partial charge is 0.459 e. The zero-order chi connectivity index (χ0) is 13.9. The highest BCUT2D eigenvalue weighted by Gasteiger charge is 2.32. The Hall–Kier alpha value is -1.55. The summed E-state index contributed by atoms with van der Waals surface area (Å²) >= 11 is 0. The number of hydrogen-bond acceptors (Lipinski definition) is 4. The molecule has 1 aliphatic rings. The van der Waals surface area contributed by atoms with Gasteiger partial charge in [-0.3, -0.25) is 0 Å². The van der Waals surface area contributed by atoms with Crippen molar-refractivity contribution >= 4 is 11.7 Å². The van der Waals surface area contributed by atoms with E-state index in [9.17, 15) is 4.79 Å². The monoisotopic (exact) mass is 263 g/mol. The first-order chi connectivity index (χ1) is 8.98. The minimum atomic E-state index is -0.277. The molecule has 4 heteroatoms. The van der Waals surface area contributed by atoms with Crippen LogP contribution in [0.5, 0.6) is 0 Å². The summed E-state index contributed by atoms with van der Waals surface area (Å²) in [6, 6.07) is 7.37. The van der Waals surface area contributed by atoms with Gasteiger partial charge < -0.3 is 14.8 Å². The topological polar surface area (TPSA) is 47.6 Å². The van der Waals surface area contributed by atoms with Crippen molar-refractivity contribution in [1.82, 2.24) is 0 Å². The number of carbonyl (C=O) groups excluding carboxylic acids is 1. The molecule has 1 aromatic rings. The van der Waals surface area contributed by atoms with Gasteiger partial charge in [-0.05, 0) is 38.1 Å². The molecule has 0 aromatic heterocycles. The minimum Gasteiger partial charge on any atom is -0.459 e. The molecule has 0 atom stereocenters. The molecule has 1 aliphatic heterocycles. The summed E-state index contributed by atoms with van der Waals surface area (Å²) < 4.78 is 10.4. The number of rotatable bonds is 5. The second-order valence-corrected chi connectivity index (χ2v) is 5.69. The van der Waals surface area contributed by atoms with Crippen LogP contribution < -0.4 is 5.32 Å². The molecule has 0 saturated carbocycles. The van der Waals surface area contributed by atoms with Crippen molar-refractivity contribution in [1.29, 1.82) is 0 Å². The average Bonchev–Trinajstić information content (AvgIpc) is 2.34. The molecule has 1 aromatic carbocycles. The predicted molar refractivity (Wildman–Crippen MR) is 74.4 cm³/mol. The van der Waals surface area contributed by atoms with E-state index in [1.54, 1.807) is 12.1 Å². The number of esters is 1. The van der Waals surface area contributed by atoms with Crippen molar-refractivity contribution in [2.24, 2.45) is 5.41 Å². The van der Waals surface area contributed by atoms with Gasteiger partial charge in [-0.2, -0.15) is 0 Å². The lowest BCUT2D eigenvalue weighted by Crippen LogP contribution is -2.45. The van der Waals surface area contributed by atoms with Gasteiger partial charge in [-0.1, -0.05) is 6.92 Å². The highest BCUT2D eigenvalue weighted by Crippen LogP contribution is 2.26. The van der Waals surface area contributed by atoms with E-state index in [2.05, 4.69) is 12.2 Å². The van der Waals surface area contributed by atoms with E-state index in [0.717, 1.165) is 25.4 Å². The predicted octanol–water partition coefficient (Wildman–Crippen LogP) is 2.70. The molecule has 1 N–H and O–H groups in total. The van der Waals surface area contributed by atoms with Gasteiger partial charge in [0.05, 0.1) is 24.9 Å². The maximum atomic E-state index is 11.7. The fourth-order valence-electron chi connectivity index (χ4n) is 1.87. The number of ether oxygens (including phenoxy) is 2. The van der Waals surface area contributed by atoms with Gasteiger partial charge in [-0.15, -0.1) is 0 Å². The van der Waals surface area contributed by atoms with Crippen molar-refractivity contribution in [3.05, 3.63) is 29.8 Å². The number of benzene rings is 1. The Morgan fingerprint density at radius 2 is 2.00 bits per heavy atom. The molecule has 0 unspecified atom stereocenters. The molecule has 19 heavy (non-hydrogen) atoms. The number of anilines is 1. The Morgan fingerprint density at radius 1 is 1.37 bits per heavy atom. The summed E-state index contributed by atoms with van der Waals surface area (Å²) in [6.45, 7) is 8.36. The summed E-state index contributed by atoms with van der Waals surface area (Å²) in [6.07, 6.45) is -0.0936. The summed E-state index contributed by atoms with van der Waals surface area (Å²) in [5.41, 5.74) is 1.82. The molecule has 104 valence electrons. The Morgan fingerprint density at radius 3 is 2.47 bits per heavy atom. The lowest BCUT2D eigenvalue weighted by molar-refractivity contribution is -0.0924. The quantitative estimate of drug-likeness (QED) is 0.830. The minimum absolute atomic E-state index is 0.0936. The van der Waals surface area contributed by atoms with E-state index >= 15 is 0 Å². The van der Waals surface area contributed by atoms with Crippen molar-refractivity contribution in [2.45, 2.75) is 26.9 Å². The van der Waals surface area contributed by atoms with Crippen molar-refractivity contribution < 1.29 is 14.3 Å². The molecule has 0 amide bonds. The molecule has 1 heterocycles. The van der Waals surface area contributed by atoms with E-state index in [0.29, 0.717) is 5.56 Å². The van der Waals surface area contributed by atoms with Crippen molar-refractivity contribution in [3.8, 4) is 0 Å². The van der Waals surface area contributed by atoms with Crippen LogP contribution in [0, 0.1) is 5.41 Å². The van der Waals surface area contributed by atoms with E-state index in [1.165, 1.54) is 0 Å². The van der Waals surface area contributed by atoms with Gasteiger partial charge in [0.15, 0.2) is 0 Å². The van der Waals surface area contributed by atoms with Crippen LogP contribution in [-0.4, -0.2) is 31.8 Å². The number of carbonyl (C=O) groups is 1. The highest BCUT2D eigenvalue weighted by molar-refractivity contribution is 5.89.